The van der Waals surface area contributed by atoms with Crippen LogP contribution in [0.5, 0.6) is 5.75 Å². The third kappa shape index (κ3) is 4.89. The van der Waals surface area contributed by atoms with E-state index in [1.807, 2.05) is 11.9 Å². The Morgan fingerprint density at radius 1 is 1.19 bits per heavy atom. The number of amides is 2. The zero-order chi connectivity index (χ0) is 21.8. The summed E-state index contributed by atoms with van der Waals surface area (Å²) < 4.78 is 7.16. The van der Waals surface area contributed by atoms with Crippen LogP contribution in [0.1, 0.15) is 57.8 Å². The first-order chi connectivity index (χ1) is 15.0. The van der Waals surface area contributed by atoms with Crippen molar-refractivity contribution in [3.05, 3.63) is 28.6 Å². The Hall–Kier alpha value is -2.90. The second-order valence-electron chi connectivity index (χ2n) is 8.51. The number of nitrogens with zero attached hydrogens (tertiary/aromatic N) is 3. The Balaban J connectivity index is 1.19. The molecule has 1 saturated carbocycles. The average Bonchev–Trinajstić information content (AvgIpc) is 3.42. The Morgan fingerprint density at radius 2 is 1.97 bits per heavy atom. The highest BCUT2D eigenvalue weighted by atomic mass is 16.5. The molecule has 0 bridgehead atoms. The smallest absolute Gasteiger partial charge is 0.263 e. The normalized spacial score (nSPS) is 15.8. The molecule has 1 fully saturated rings. The minimum atomic E-state index is -0.240. The van der Waals surface area contributed by atoms with E-state index >= 15 is 0 Å². The summed E-state index contributed by atoms with van der Waals surface area (Å²) in [6.07, 6.45) is 9.20. The molecule has 0 unspecified atom stereocenters. The maximum Gasteiger partial charge on any atom is 0.263 e. The number of anilines is 1. The van der Waals surface area contributed by atoms with Gasteiger partial charge in [0, 0.05) is 19.5 Å². The fourth-order valence-corrected chi connectivity index (χ4v) is 4.43. The standard InChI is InChI=1S/C23H30N4O4/c1-26(16-8-5-6-9-16)21(29)10-4-2-3-7-13-31-17-11-12-19-18(14-17)22(30)27-15-20(28)25-23(27)24-19/h11-12,14,16H,2-10,13,15H2,1H3,(H,24,25,28). The molecule has 0 saturated heterocycles. The zero-order valence-electron chi connectivity index (χ0n) is 18.1. The second kappa shape index (κ2) is 9.49. The molecule has 1 N–H and O–H groups in total. The largest absolute Gasteiger partial charge is 0.494 e. The van der Waals surface area contributed by atoms with Crippen molar-refractivity contribution in [1.29, 1.82) is 0 Å². The number of nitrogens with one attached hydrogen (secondary N) is 1. The molecule has 2 amide bonds. The highest BCUT2D eigenvalue weighted by Gasteiger charge is 2.23. The molecule has 8 heteroatoms. The molecule has 2 aromatic rings. The lowest BCUT2D eigenvalue weighted by atomic mass is 10.1. The number of benzene rings is 1. The minimum absolute atomic E-state index is 0.00113. The molecule has 2 aliphatic rings. The highest BCUT2D eigenvalue weighted by molar-refractivity contribution is 5.94. The molecule has 31 heavy (non-hydrogen) atoms. The van der Waals surface area contributed by atoms with E-state index in [-0.39, 0.29) is 23.9 Å². The van der Waals surface area contributed by atoms with Crippen molar-refractivity contribution in [1.82, 2.24) is 14.5 Å². The summed E-state index contributed by atoms with van der Waals surface area (Å²) in [4.78, 5) is 42.7. The average molecular weight is 427 g/mol. The maximum atomic E-state index is 12.6. The predicted octanol–water partition coefficient (Wildman–Crippen LogP) is 3.08. The first-order valence-electron chi connectivity index (χ1n) is 11.3. The summed E-state index contributed by atoms with van der Waals surface area (Å²) in [5.41, 5.74) is 0.300. The molecule has 1 aliphatic carbocycles. The number of unbranched alkanes of at least 4 members (excludes halogenated alkanes) is 3. The van der Waals surface area contributed by atoms with E-state index in [0.717, 1.165) is 38.5 Å². The van der Waals surface area contributed by atoms with Gasteiger partial charge in [0.2, 0.25) is 17.8 Å². The van der Waals surface area contributed by atoms with Gasteiger partial charge in [-0.1, -0.05) is 25.7 Å². The van der Waals surface area contributed by atoms with Crippen molar-refractivity contribution in [2.75, 3.05) is 19.0 Å². The first kappa shape index (κ1) is 21.3. The number of ether oxygens (including phenoxy) is 1. The molecule has 1 aromatic heterocycles. The maximum absolute atomic E-state index is 12.6. The van der Waals surface area contributed by atoms with Crippen LogP contribution < -0.4 is 15.6 Å². The van der Waals surface area contributed by atoms with Crippen LogP contribution in [0.3, 0.4) is 0 Å². The van der Waals surface area contributed by atoms with Crippen molar-refractivity contribution in [3.63, 3.8) is 0 Å². The van der Waals surface area contributed by atoms with Gasteiger partial charge in [0.1, 0.15) is 12.3 Å². The Labute approximate surface area is 181 Å². The number of carbonyl (C=O) groups is 2. The predicted molar refractivity (Wildman–Crippen MR) is 118 cm³/mol. The van der Waals surface area contributed by atoms with Gasteiger partial charge >= 0.3 is 0 Å². The van der Waals surface area contributed by atoms with Gasteiger partial charge in [-0.05, 0) is 43.9 Å². The van der Waals surface area contributed by atoms with Crippen LogP contribution in [-0.2, 0) is 16.1 Å². The summed E-state index contributed by atoms with van der Waals surface area (Å²) in [5.74, 6) is 0.951. The van der Waals surface area contributed by atoms with E-state index in [2.05, 4.69) is 10.3 Å². The number of hydrogen-bond acceptors (Lipinski definition) is 5. The molecule has 0 atom stereocenters. The highest BCUT2D eigenvalue weighted by Crippen LogP contribution is 2.23. The Kier molecular flexibility index (Phi) is 6.53. The Bertz CT molecular complexity index is 1030. The van der Waals surface area contributed by atoms with Gasteiger partial charge in [-0.25, -0.2) is 4.98 Å². The third-order valence-electron chi connectivity index (χ3n) is 6.30. The van der Waals surface area contributed by atoms with Crippen molar-refractivity contribution in [2.24, 2.45) is 0 Å². The lowest BCUT2D eigenvalue weighted by molar-refractivity contribution is -0.132. The quantitative estimate of drug-likeness (QED) is 0.622. The summed E-state index contributed by atoms with van der Waals surface area (Å²) >= 11 is 0. The minimum Gasteiger partial charge on any atom is -0.494 e. The fraction of sp³-hybridized carbons (Fsp3) is 0.565. The number of aromatic nitrogens is 2. The van der Waals surface area contributed by atoms with Crippen LogP contribution in [0.15, 0.2) is 23.0 Å². The second-order valence-corrected chi connectivity index (χ2v) is 8.51. The fourth-order valence-electron chi connectivity index (χ4n) is 4.43. The molecular weight excluding hydrogens is 396 g/mol. The van der Waals surface area contributed by atoms with Crippen LogP contribution in [-0.4, -0.2) is 46.0 Å². The zero-order valence-corrected chi connectivity index (χ0v) is 18.1. The molecular formula is C23H30N4O4. The molecule has 166 valence electrons. The topological polar surface area (TPSA) is 93.5 Å². The van der Waals surface area contributed by atoms with Crippen molar-refractivity contribution in [2.45, 2.75) is 70.4 Å². The lowest BCUT2D eigenvalue weighted by Gasteiger charge is -2.24. The molecule has 0 spiro atoms. The van der Waals surface area contributed by atoms with Crippen molar-refractivity contribution < 1.29 is 14.3 Å². The van der Waals surface area contributed by atoms with Crippen LogP contribution in [0.2, 0.25) is 0 Å². The molecule has 0 radical (unpaired) electrons. The summed E-state index contributed by atoms with van der Waals surface area (Å²) in [6, 6.07) is 5.67. The molecule has 2 heterocycles. The summed E-state index contributed by atoms with van der Waals surface area (Å²) in [6.45, 7) is 0.558. The van der Waals surface area contributed by atoms with Crippen LogP contribution in [0.25, 0.3) is 10.9 Å². The van der Waals surface area contributed by atoms with Gasteiger partial charge in [-0.15, -0.1) is 0 Å². The van der Waals surface area contributed by atoms with Gasteiger partial charge < -0.3 is 9.64 Å². The van der Waals surface area contributed by atoms with E-state index in [0.29, 0.717) is 41.7 Å². The summed E-state index contributed by atoms with van der Waals surface area (Å²) in [7, 11) is 1.94. The van der Waals surface area contributed by atoms with E-state index in [1.54, 1.807) is 18.2 Å². The van der Waals surface area contributed by atoms with Crippen LogP contribution in [0, 0.1) is 0 Å². The van der Waals surface area contributed by atoms with Crippen LogP contribution >= 0.6 is 0 Å². The van der Waals surface area contributed by atoms with Crippen molar-refractivity contribution in [3.8, 4) is 5.75 Å². The number of rotatable bonds is 9. The molecule has 1 aromatic carbocycles. The molecule has 4 rings (SSSR count). The van der Waals surface area contributed by atoms with Gasteiger partial charge in [-0.2, -0.15) is 0 Å². The van der Waals surface area contributed by atoms with Gasteiger partial charge in [0.05, 0.1) is 17.5 Å². The van der Waals surface area contributed by atoms with Gasteiger partial charge in [-0.3, -0.25) is 24.3 Å². The molecule has 1 aliphatic heterocycles. The SMILES string of the molecule is CN(C(=O)CCCCCCOc1ccc2nc3n(c(=O)c2c1)CC(=O)N3)C1CCCC1. The Morgan fingerprint density at radius 3 is 2.77 bits per heavy atom. The number of hydrogen-bond donors (Lipinski definition) is 1. The lowest BCUT2D eigenvalue weighted by Crippen LogP contribution is -2.34. The van der Waals surface area contributed by atoms with E-state index in [9.17, 15) is 14.4 Å². The van der Waals surface area contributed by atoms with E-state index in [4.69, 9.17) is 4.74 Å². The first-order valence-corrected chi connectivity index (χ1v) is 11.3. The summed E-state index contributed by atoms with van der Waals surface area (Å²) in [5, 5.41) is 3.04. The van der Waals surface area contributed by atoms with Gasteiger partial charge in [0.15, 0.2) is 0 Å². The monoisotopic (exact) mass is 426 g/mol. The van der Waals surface area contributed by atoms with E-state index in [1.165, 1.54) is 17.4 Å². The van der Waals surface area contributed by atoms with E-state index < -0.39 is 0 Å². The number of fused-ring (bicyclic) bond motifs is 2. The number of carbonyl (C=O) groups excluding carboxylic acids is 2. The van der Waals surface area contributed by atoms with Gasteiger partial charge in [0.25, 0.3) is 5.56 Å². The van der Waals surface area contributed by atoms with Crippen LogP contribution in [0.4, 0.5) is 5.95 Å². The molecule has 8 nitrogen and oxygen atoms in total. The van der Waals surface area contributed by atoms with Crippen molar-refractivity contribution >= 4 is 28.7 Å². The third-order valence-corrected chi connectivity index (χ3v) is 6.30.